The number of benzene rings is 2. The molecule has 1 aliphatic heterocycles. The summed E-state index contributed by atoms with van der Waals surface area (Å²) in [5, 5.41) is 2.95. The van der Waals surface area contributed by atoms with Crippen molar-refractivity contribution in [2.75, 3.05) is 32.1 Å². The Morgan fingerprint density at radius 3 is 2.33 bits per heavy atom. The van der Waals surface area contributed by atoms with Crippen LogP contribution in [0.3, 0.4) is 0 Å². The second kappa shape index (κ2) is 9.57. The van der Waals surface area contributed by atoms with Crippen molar-refractivity contribution in [3.8, 4) is 0 Å². The van der Waals surface area contributed by atoms with Crippen LogP contribution in [0.5, 0.6) is 0 Å². The summed E-state index contributed by atoms with van der Waals surface area (Å²) in [6, 6.07) is 13.9. The first-order valence-corrected chi connectivity index (χ1v) is 11.6. The highest BCUT2D eigenvalue weighted by Crippen LogP contribution is 2.23. The molecule has 1 aliphatic rings. The summed E-state index contributed by atoms with van der Waals surface area (Å²) in [4.78, 5) is 14.5. The van der Waals surface area contributed by atoms with Crippen molar-refractivity contribution in [1.82, 2.24) is 9.62 Å². The van der Waals surface area contributed by atoms with Crippen LogP contribution in [0.4, 0.5) is 10.1 Å². The highest BCUT2D eigenvalue weighted by atomic mass is 32.2. The van der Waals surface area contributed by atoms with E-state index in [1.165, 1.54) is 22.5 Å². The summed E-state index contributed by atoms with van der Waals surface area (Å²) >= 11 is 0. The van der Waals surface area contributed by atoms with E-state index in [1.54, 1.807) is 6.07 Å². The highest BCUT2D eigenvalue weighted by Gasteiger charge is 2.31. The monoisotopic (exact) mass is 433 g/mol. The van der Waals surface area contributed by atoms with E-state index in [9.17, 15) is 17.6 Å². The number of rotatable bonds is 7. The Kier molecular flexibility index (Phi) is 7.10. The van der Waals surface area contributed by atoms with E-state index in [4.69, 9.17) is 0 Å². The Labute approximate surface area is 177 Å². The van der Waals surface area contributed by atoms with E-state index in [0.717, 1.165) is 11.3 Å². The predicted octanol–water partition coefficient (Wildman–Crippen LogP) is 2.75. The maximum absolute atomic E-state index is 13.8. The van der Waals surface area contributed by atoms with Crippen molar-refractivity contribution in [3.63, 3.8) is 0 Å². The maximum Gasteiger partial charge on any atom is 0.223 e. The number of halogens is 1. The van der Waals surface area contributed by atoms with Crippen molar-refractivity contribution in [1.29, 1.82) is 0 Å². The predicted molar refractivity (Wildman–Crippen MR) is 116 cm³/mol. The van der Waals surface area contributed by atoms with Crippen LogP contribution in [0.1, 0.15) is 24.0 Å². The van der Waals surface area contributed by atoms with Gasteiger partial charge < -0.3 is 10.2 Å². The van der Waals surface area contributed by atoms with Gasteiger partial charge in [0, 0.05) is 50.9 Å². The second-order valence-electron chi connectivity index (χ2n) is 7.80. The Balaban J connectivity index is 1.49. The van der Waals surface area contributed by atoms with Gasteiger partial charge in [0.1, 0.15) is 5.82 Å². The van der Waals surface area contributed by atoms with Crippen LogP contribution in [0.2, 0.25) is 0 Å². The van der Waals surface area contributed by atoms with Crippen molar-refractivity contribution < 1.29 is 17.6 Å². The molecule has 3 rings (SSSR count). The van der Waals surface area contributed by atoms with Gasteiger partial charge in [-0.05, 0) is 36.6 Å². The molecule has 0 bridgehead atoms. The fraction of sp³-hybridized carbons (Fsp3) is 0.409. The molecule has 1 saturated heterocycles. The molecule has 0 aliphatic carbocycles. The van der Waals surface area contributed by atoms with Crippen LogP contribution in [0.15, 0.2) is 48.5 Å². The summed E-state index contributed by atoms with van der Waals surface area (Å²) in [6.07, 6.45) is 0.920. The van der Waals surface area contributed by atoms with Gasteiger partial charge in [-0.1, -0.05) is 30.3 Å². The molecule has 8 heteroatoms. The van der Waals surface area contributed by atoms with E-state index in [0.29, 0.717) is 19.4 Å². The molecule has 0 saturated carbocycles. The molecule has 0 spiro atoms. The maximum atomic E-state index is 13.8. The lowest BCUT2D eigenvalue weighted by Gasteiger charge is -2.30. The number of carbonyl (C=O) groups is 1. The smallest absolute Gasteiger partial charge is 0.223 e. The van der Waals surface area contributed by atoms with Crippen LogP contribution >= 0.6 is 0 Å². The number of nitrogens with one attached hydrogen (secondary N) is 1. The molecule has 162 valence electrons. The molecular formula is C22H28FN3O3S. The minimum absolute atomic E-state index is 0.0576. The summed E-state index contributed by atoms with van der Waals surface area (Å²) in [5.41, 5.74) is 2.27. The molecule has 1 N–H and O–H groups in total. The number of nitrogens with zero attached hydrogens (tertiary/aromatic N) is 2. The van der Waals surface area contributed by atoms with Gasteiger partial charge in [-0.2, -0.15) is 0 Å². The van der Waals surface area contributed by atoms with Crippen LogP contribution in [0, 0.1) is 11.7 Å². The van der Waals surface area contributed by atoms with Crippen molar-refractivity contribution >= 4 is 21.6 Å². The first-order chi connectivity index (χ1) is 14.3. The fourth-order valence-electron chi connectivity index (χ4n) is 3.54. The third kappa shape index (κ3) is 5.58. The molecular weight excluding hydrogens is 405 g/mol. The molecule has 0 radical (unpaired) electrons. The molecule has 0 atom stereocenters. The Morgan fingerprint density at radius 1 is 1.10 bits per heavy atom. The van der Waals surface area contributed by atoms with Gasteiger partial charge in [0.2, 0.25) is 15.9 Å². The number of piperidine rings is 1. The number of hydrogen-bond acceptors (Lipinski definition) is 4. The zero-order valence-electron chi connectivity index (χ0n) is 17.3. The Hall–Kier alpha value is -2.45. The molecule has 2 aromatic rings. The average molecular weight is 434 g/mol. The topological polar surface area (TPSA) is 69.7 Å². The zero-order valence-corrected chi connectivity index (χ0v) is 18.2. The minimum atomic E-state index is -3.62. The second-order valence-corrected chi connectivity index (χ2v) is 9.77. The molecule has 30 heavy (non-hydrogen) atoms. The molecule has 1 fully saturated rings. The van der Waals surface area contributed by atoms with Crippen molar-refractivity contribution in [3.05, 3.63) is 65.5 Å². The lowest BCUT2D eigenvalue weighted by molar-refractivity contribution is -0.126. The van der Waals surface area contributed by atoms with Gasteiger partial charge >= 0.3 is 0 Å². The minimum Gasteiger partial charge on any atom is -0.378 e. The van der Waals surface area contributed by atoms with E-state index < -0.39 is 15.8 Å². The number of hydrogen-bond donors (Lipinski definition) is 1. The number of amides is 1. The molecule has 6 nitrogen and oxygen atoms in total. The lowest BCUT2D eigenvalue weighted by atomic mass is 9.97. The SMILES string of the molecule is CN(C)c1ccc(CNC(=O)C2CCN(S(=O)(=O)Cc3ccccc3F)CC2)cc1. The van der Waals surface area contributed by atoms with E-state index >= 15 is 0 Å². The van der Waals surface area contributed by atoms with E-state index in [-0.39, 0.29) is 36.2 Å². The van der Waals surface area contributed by atoms with Gasteiger partial charge in [-0.25, -0.2) is 17.1 Å². The van der Waals surface area contributed by atoms with Crippen LogP contribution in [-0.4, -0.2) is 45.8 Å². The van der Waals surface area contributed by atoms with E-state index in [1.807, 2.05) is 43.3 Å². The molecule has 0 unspecified atom stereocenters. The molecule has 1 amide bonds. The lowest BCUT2D eigenvalue weighted by Crippen LogP contribution is -2.43. The van der Waals surface area contributed by atoms with Gasteiger partial charge in [0.25, 0.3) is 0 Å². The summed E-state index contributed by atoms with van der Waals surface area (Å²) in [6.45, 7) is 0.983. The summed E-state index contributed by atoms with van der Waals surface area (Å²) in [7, 11) is 0.327. The molecule has 2 aromatic carbocycles. The van der Waals surface area contributed by atoms with Crippen LogP contribution in [-0.2, 0) is 27.1 Å². The summed E-state index contributed by atoms with van der Waals surface area (Å²) < 4.78 is 40.4. The van der Waals surface area contributed by atoms with Gasteiger partial charge in [0.15, 0.2) is 0 Å². The van der Waals surface area contributed by atoms with Gasteiger partial charge in [-0.15, -0.1) is 0 Å². The van der Waals surface area contributed by atoms with Crippen molar-refractivity contribution in [2.24, 2.45) is 5.92 Å². The standard InChI is InChI=1S/C22H28FN3O3S/c1-25(2)20-9-7-17(8-10-20)15-24-22(27)18-11-13-26(14-12-18)30(28,29)16-19-5-3-4-6-21(19)23/h3-10,18H,11-16H2,1-2H3,(H,24,27). The fourth-order valence-corrected chi connectivity index (χ4v) is 5.12. The molecule has 0 aromatic heterocycles. The largest absolute Gasteiger partial charge is 0.378 e. The van der Waals surface area contributed by atoms with Crippen molar-refractivity contribution in [2.45, 2.75) is 25.1 Å². The average Bonchev–Trinajstić information content (AvgIpc) is 2.74. The Morgan fingerprint density at radius 2 is 1.73 bits per heavy atom. The zero-order chi connectivity index (χ0) is 21.7. The normalized spacial score (nSPS) is 15.7. The van der Waals surface area contributed by atoms with Gasteiger partial charge in [0.05, 0.1) is 5.75 Å². The first kappa shape index (κ1) is 22.2. The van der Waals surface area contributed by atoms with Crippen LogP contribution < -0.4 is 10.2 Å². The summed E-state index contributed by atoms with van der Waals surface area (Å²) in [5.74, 6) is -1.16. The van der Waals surface area contributed by atoms with Crippen LogP contribution in [0.25, 0.3) is 0 Å². The Bertz CT molecular complexity index is 969. The highest BCUT2D eigenvalue weighted by molar-refractivity contribution is 7.88. The third-order valence-corrected chi connectivity index (χ3v) is 7.26. The van der Waals surface area contributed by atoms with Gasteiger partial charge in [-0.3, -0.25) is 4.79 Å². The number of anilines is 1. The van der Waals surface area contributed by atoms with E-state index in [2.05, 4.69) is 5.32 Å². The molecule has 1 heterocycles. The quantitative estimate of drug-likeness (QED) is 0.729. The first-order valence-electron chi connectivity index (χ1n) is 10.0. The number of carbonyl (C=O) groups excluding carboxylic acids is 1. The third-order valence-electron chi connectivity index (χ3n) is 5.43. The number of sulfonamides is 1.